The van der Waals surface area contributed by atoms with Crippen molar-refractivity contribution in [1.82, 2.24) is 4.90 Å². The maximum atomic E-state index is 13.3. The molecule has 1 aliphatic rings. The number of methoxy groups -OCH3 is 2. The summed E-state index contributed by atoms with van der Waals surface area (Å²) in [7, 11) is 3.13. The Kier molecular flexibility index (Phi) is 7.32. The van der Waals surface area contributed by atoms with Gasteiger partial charge in [-0.3, -0.25) is 9.59 Å². The number of hydrogen-bond acceptors (Lipinski definition) is 5. The quantitative estimate of drug-likeness (QED) is 0.581. The molecule has 0 unspecified atom stereocenters. The molecule has 7 nitrogen and oxygen atoms in total. The first-order valence-corrected chi connectivity index (χ1v) is 11.3. The van der Waals surface area contributed by atoms with Crippen LogP contribution in [0.2, 0.25) is 0 Å². The van der Waals surface area contributed by atoms with Crippen molar-refractivity contribution in [2.75, 3.05) is 50.6 Å². The maximum Gasteiger partial charge on any atom is 0.256 e. The van der Waals surface area contributed by atoms with E-state index in [-0.39, 0.29) is 18.2 Å². The highest BCUT2D eigenvalue weighted by atomic mass is 16.5. The molecule has 3 aromatic carbocycles. The Morgan fingerprint density at radius 2 is 1.50 bits per heavy atom. The molecule has 1 aliphatic heterocycles. The number of anilines is 2. The van der Waals surface area contributed by atoms with Crippen LogP contribution in [0.4, 0.5) is 11.4 Å². The second kappa shape index (κ2) is 10.7. The monoisotopic (exact) mass is 459 g/mol. The first-order valence-electron chi connectivity index (χ1n) is 11.3. The molecule has 4 rings (SSSR count). The normalized spacial score (nSPS) is 13.4. The van der Waals surface area contributed by atoms with Crippen LogP contribution in [0.1, 0.15) is 15.9 Å². The third-order valence-electron chi connectivity index (χ3n) is 5.93. The first-order chi connectivity index (χ1) is 16.6. The van der Waals surface area contributed by atoms with Gasteiger partial charge in [-0.05, 0) is 42.0 Å². The molecular formula is C27H29N3O4. The van der Waals surface area contributed by atoms with Gasteiger partial charge in [0.15, 0.2) is 11.5 Å². The number of carbonyl (C=O) groups is 2. The number of piperazine rings is 1. The third-order valence-corrected chi connectivity index (χ3v) is 5.93. The van der Waals surface area contributed by atoms with Crippen LogP contribution in [0.3, 0.4) is 0 Å². The average molecular weight is 460 g/mol. The van der Waals surface area contributed by atoms with E-state index in [1.807, 2.05) is 41.3 Å². The maximum absolute atomic E-state index is 13.3. The minimum atomic E-state index is -0.207. The van der Waals surface area contributed by atoms with Gasteiger partial charge in [0.2, 0.25) is 5.91 Å². The smallest absolute Gasteiger partial charge is 0.256 e. The van der Waals surface area contributed by atoms with Crippen LogP contribution in [-0.4, -0.2) is 57.1 Å². The van der Waals surface area contributed by atoms with Crippen molar-refractivity contribution in [1.29, 1.82) is 0 Å². The van der Waals surface area contributed by atoms with E-state index in [1.165, 1.54) is 0 Å². The lowest BCUT2D eigenvalue weighted by atomic mass is 10.1. The SMILES string of the molecule is COc1ccc(CC(=O)Nc2ccccc2C(=O)N2CCN(c3ccccc3)CC2)cc1OC. The predicted molar refractivity (Wildman–Crippen MR) is 133 cm³/mol. The number of ether oxygens (including phenoxy) is 2. The van der Waals surface area contributed by atoms with Crippen molar-refractivity contribution in [3.63, 3.8) is 0 Å². The van der Waals surface area contributed by atoms with Gasteiger partial charge in [-0.1, -0.05) is 36.4 Å². The van der Waals surface area contributed by atoms with Gasteiger partial charge in [0.05, 0.1) is 31.9 Å². The molecule has 7 heteroatoms. The number of carbonyl (C=O) groups excluding carboxylic acids is 2. The van der Waals surface area contributed by atoms with Gasteiger partial charge in [-0.15, -0.1) is 0 Å². The molecule has 176 valence electrons. The van der Waals surface area contributed by atoms with Gasteiger partial charge in [0, 0.05) is 31.9 Å². The highest BCUT2D eigenvalue weighted by molar-refractivity contribution is 6.04. The zero-order valence-corrected chi connectivity index (χ0v) is 19.5. The van der Waals surface area contributed by atoms with Crippen LogP contribution in [0.5, 0.6) is 11.5 Å². The highest BCUT2D eigenvalue weighted by Gasteiger charge is 2.24. The Bertz CT molecular complexity index is 1140. The summed E-state index contributed by atoms with van der Waals surface area (Å²) in [5.74, 6) is 0.893. The van der Waals surface area contributed by atoms with Crippen molar-refractivity contribution in [3.8, 4) is 11.5 Å². The molecule has 2 amide bonds. The van der Waals surface area contributed by atoms with E-state index in [9.17, 15) is 9.59 Å². The largest absolute Gasteiger partial charge is 0.493 e. The molecule has 0 spiro atoms. The van der Waals surface area contributed by atoms with Gasteiger partial charge in [0.1, 0.15) is 0 Å². The molecular weight excluding hydrogens is 430 g/mol. The summed E-state index contributed by atoms with van der Waals surface area (Å²) in [6.45, 7) is 2.79. The van der Waals surface area contributed by atoms with E-state index in [2.05, 4.69) is 22.3 Å². The number of nitrogens with zero attached hydrogens (tertiary/aromatic N) is 2. The zero-order valence-electron chi connectivity index (χ0n) is 19.5. The zero-order chi connectivity index (χ0) is 23.9. The van der Waals surface area contributed by atoms with E-state index >= 15 is 0 Å². The van der Waals surface area contributed by atoms with Gasteiger partial charge in [-0.25, -0.2) is 0 Å². The number of hydrogen-bond donors (Lipinski definition) is 1. The summed E-state index contributed by atoms with van der Waals surface area (Å²) in [5, 5.41) is 2.91. The number of nitrogens with one attached hydrogen (secondary N) is 1. The van der Waals surface area contributed by atoms with Crippen molar-refractivity contribution < 1.29 is 19.1 Å². The summed E-state index contributed by atoms with van der Waals surface area (Å²) >= 11 is 0. The molecule has 0 radical (unpaired) electrons. The first kappa shape index (κ1) is 23.2. The lowest BCUT2D eigenvalue weighted by molar-refractivity contribution is -0.115. The van der Waals surface area contributed by atoms with Crippen LogP contribution in [-0.2, 0) is 11.2 Å². The topological polar surface area (TPSA) is 71.1 Å². The van der Waals surface area contributed by atoms with E-state index in [1.54, 1.807) is 38.5 Å². The van der Waals surface area contributed by atoms with Crippen LogP contribution < -0.4 is 19.7 Å². The molecule has 1 fully saturated rings. The van der Waals surface area contributed by atoms with Crippen molar-refractivity contribution >= 4 is 23.2 Å². The lowest BCUT2D eigenvalue weighted by Gasteiger charge is -2.36. The van der Waals surface area contributed by atoms with Crippen molar-refractivity contribution in [2.24, 2.45) is 0 Å². The van der Waals surface area contributed by atoms with E-state index in [0.717, 1.165) is 24.3 Å². The molecule has 1 saturated heterocycles. The molecule has 0 atom stereocenters. The summed E-state index contributed by atoms with van der Waals surface area (Å²) < 4.78 is 10.6. The third kappa shape index (κ3) is 5.31. The fourth-order valence-electron chi connectivity index (χ4n) is 4.13. The van der Waals surface area contributed by atoms with Crippen molar-refractivity contribution in [2.45, 2.75) is 6.42 Å². The summed E-state index contributed by atoms with van der Waals surface area (Å²) in [6.07, 6.45) is 0.151. The standard InChI is InChI=1S/C27H29N3O4/c1-33-24-13-12-20(18-25(24)34-2)19-26(31)28-23-11-7-6-10-22(23)27(32)30-16-14-29(15-17-30)21-8-4-3-5-9-21/h3-13,18H,14-17,19H2,1-2H3,(H,28,31). The minimum Gasteiger partial charge on any atom is -0.493 e. The Balaban J connectivity index is 1.41. The van der Waals surface area contributed by atoms with E-state index in [4.69, 9.17) is 9.47 Å². The van der Waals surface area contributed by atoms with Crippen LogP contribution in [0.25, 0.3) is 0 Å². The molecule has 3 aromatic rings. The molecule has 1 N–H and O–H groups in total. The Morgan fingerprint density at radius 1 is 0.824 bits per heavy atom. The number of amides is 2. The second-order valence-corrected chi connectivity index (χ2v) is 8.07. The molecule has 0 aliphatic carbocycles. The molecule has 1 heterocycles. The molecule has 0 bridgehead atoms. The van der Waals surface area contributed by atoms with Crippen LogP contribution >= 0.6 is 0 Å². The fraction of sp³-hybridized carbons (Fsp3) is 0.259. The molecule has 34 heavy (non-hydrogen) atoms. The second-order valence-electron chi connectivity index (χ2n) is 8.07. The number of rotatable bonds is 7. The van der Waals surface area contributed by atoms with E-state index < -0.39 is 0 Å². The van der Waals surface area contributed by atoms with Gasteiger partial charge >= 0.3 is 0 Å². The fourth-order valence-corrected chi connectivity index (χ4v) is 4.13. The number of para-hydroxylation sites is 2. The van der Waals surface area contributed by atoms with Crippen molar-refractivity contribution in [3.05, 3.63) is 83.9 Å². The predicted octanol–water partition coefficient (Wildman–Crippen LogP) is 3.85. The van der Waals surface area contributed by atoms with Crippen LogP contribution in [0, 0.1) is 0 Å². The Labute approximate surface area is 199 Å². The highest BCUT2D eigenvalue weighted by Crippen LogP contribution is 2.28. The summed E-state index contributed by atoms with van der Waals surface area (Å²) in [6, 6.07) is 22.7. The number of benzene rings is 3. The van der Waals surface area contributed by atoms with Crippen LogP contribution in [0.15, 0.2) is 72.8 Å². The summed E-state index contributed by atoms with van der Waals surface area (Å²) in [5.41, 5.74) is 2.97. The molecule has 0 saturated carbocycles. The Morgan fingerprint density at radius 3 is 2.21 bits per heavy atom. The Hall–Kier alpha value is -4.00. The lowest BCUT2D eigenvalue weighted by Crippen LogP contribution is -2.48. The van der Waals surface area contributed by atoms with Gasteiger partial charge in [-0.2, -0.15) is 0 Å². The summed E-state index contributed by atoms with van der Waals surface area (Å²) in [4.78, 5) is 30.2. The average Bonchev–Trinajstić information content (AvgIpc) is 2.89. The van der Waals surface area contributed by atoms with Gasteiger partial charge in [0.25, 0.3) is 5.91 Å². The molecule has 0 aromatic heterocycles. The van der Waals surface area contributed by atoms with Gasteiger partial charge < -0.3 is 24.6 Å². The minimum absolute atomic E-state index is 0.0743. The van der Waals surface area contributed by atoms with E-state index in [0.29, 0.717) is 35.8 Å².